The van der Waals surface area contributed by atoms with Crippen LogP contribution in [0.2, 0.25) is 0 Å². The predicted molar refractivity (Wildman–Crippen MR) is 38.9 cm³/mol. The summed E-state index contributed by atoms with van der Waals surface area (Å²) in [5, 5.41) is 8.27. The molecule has 0 aromatic carbocycles. The maximum Gasteiger partial charge on any atom is 0.0621 e. The molecule has 0 aromatic heterocycles. The zero-order valence-corrected chi connectivity index (χ0v) is 5.72. The zero-order chi connectivity index (χ0) is 6.95. The molecule has 0 heterocycles. The van der Waals surface area contributed by atoms with Gasteiger partial charge in [0, 0.05) is 6.42 Å². The minimum Gasteiger partial charge on any atom is -0.392 e. The summed E-state index contributed by atoms with van der Waals surface area (Å²) in [5.74, 6) is 5.72. The molecule has 0 aliphatic heterocycles. The van der Waals surface area contributed by atoms with E-state index in [1.165, 1.54) is 0 Å². The summed E-state index contributed by atoms with van der Waals surface area (Å²) in [6.45, 7) is 2.17. The maximum atomic E-state index is 8.27. The Morgan fingerprint density at radius 2 is 2.33 bits per heavy atom. The van der Waals surface area contributed by atoms with E-state index >= 15 is 0 Å². The van der Waals surface area contributed by atoms with Crippen molar-refractivity contribution < 1.29 is 5.11 Å². The topological polar surface area (TPSA) is 20.2 Å². The molecule has 0 aliphatic rings. The summed E-state index contributed by atoms with van der Waals surface area (Å²) >= 11 is 0. The van der Waals surface area contributed by atoms with Gasteiger partial charge in [0.05, 0.1) is 6.61 Å². The number of unbranched alkanes of at least 4 members (excludes halogenated alkanes) is 1. The van der Waals surface area contributed by atoms with Gasteiger partial charge >= 0.3 is 0 Å². The highest BCUT2D eigenvalue weighted by molar-refractivity contribution is 5.14. The molecule has 0 unspecified atom stereocenters. The molecule has 0 spiro atoms. The second-order valence-corrected chi connectivity index (χ2v) is 1.66. The third-order valence-corrected chi connectivity index (χ3v) is 0.784. The molecule has 0 saturated heterocycles. The van der Waals surface area contributed by atoms with Crippen LogP contribution >= 0.6 is 0 Å². The fraction of sp³-hybridized carbons (Fsp3) is 0.500. The van der Waals surface area contributed by atoms with Crippen molar-refractivity contribution in [1.82, 2.24) is 0 Å². The number of allylic oxidation sites excluding steroid dienone is 1. The molecule has 9 heavy (non-hydrogen) atoms. The van der Waals surface area contributed by atoms with E-state index in [0.29, 0.717) is 0 Å². The van der Waals surface area contributed by atoms with Crippen molar-refractivity contribution in [1.29, 1.82) is 0 Å². The molecule has 0 aromatic rings. The lowest BCUT2D eigenvalue weighted by molar-refractivity contribution is 0.343. The molecule has 50 valence electrons. The van der Waals surface area contributed by atoms with Crippen LogP contribution in [0.25, 0.3) is 0 Å². The van der Waals surface area contributed by atoms with Gasteiger partial charge < -0.3 is 5.11 Å². The monoisotopic (exact) mass is 124 g/mol. The molecule has 0 radical (unpaired) electrons. The molecule has 1 N–H and O–H groups in total. The van der Waals surface area contributed by atoms with Gasteiger partial charge in [-0.3, -0.25) is 0 Å². The summed E-state index contributed by atoms with van der Waals surface area (Å²) in [6, 6.07) is 0. The van der Waals surface area contributed by atoms with Gasteiger partial charge in [0.2, 0.25) is 0 Å². The second-order valence-electron chi connectivity index (χ2n) is 1.66. The summed E-state index contributed by atoms with van der Waals surface area (Å²) in [5.41, 5.74) is 0. The van der Waals surface area contributed by atoms with E-state index in [4.69, 9.17) is 5.11 Å². The van der Waals surface area contributed by atoms with Crippen LogP contribution < -0.4 is 0 Å². The van der Waals surface area contributed by atoms with Crippen LogP contribution in [0.1, 0.15) is 19.8 Å². The Labute approximate surface area is 56.4 Å². The highest BCUT2D eigenvalue weighted by Gasteiger charge is 1.66. The van der Waals surface area contributed by atoms with Gasteiger partial charge in [-0.15, -0.1) is 0 Å². The lowest BCUT2D eigenvalue weighted by Crippen LogP contribution is -1.67. The minimum absolute atomic E-state index is 0.0841. The molecule has 0 saturated carbocycles. The number of hydrogen-bond donors (Lipinski definition) is 1. The number of rotatable bonds is 2. The quantitative estimate of drug-likeness (QED) is 0.551. The minimum atomic E-state index is 0.0841. The van der Waals surface area contributed by atoms with E-state index in [0.717, 1.165) is 12.8 Å². The fourth-order valence-electron chi connectivity index (χ4n) is 0.368. The van der Waals surface area contributed by atoms with Crippen LogP contribution in [-0.2, 0) is 0 Å². The fourth-order valence-corrected chi connectivity index (χ4v) is 0.368. The molecule has 1 heteroatoms. The van der Waals surface area contributed by atoms with Gasteiger partial charge in [-0.1, -0.05) is 24.8 Å². The Kier molecular flexibility index (Phi) is 6.66. The average molecular weight is 124 g/mol. The first-order valence-corrected chi connectivity index (χ1v) is 3.16. The molecular formula is C8H12O. The first kappa shape index (κ1) is 8.26. The smallest absolute Gasteiger partial charge is 0.0621 e. The van der Waals surface area contributed by atoms with Crippen molar-refractivity contribution in [3.63, 3.8) is 0 Å². The van der Waals surface area contributed by atoms with E-state index < -0.39 is 0 Å². The van der Waals surface area contributed by atoms with Gasteiger partial charge in [-0.05, 0) is 12.5 Å². The Balaban J connectivity index is 3.25. The maximum absolute atomic E-state index is 8.27. The average Bonchev–Trinajstić information content (AvgIpc) is 1.89. The third-order valence-electron chi connectivity index (χ3n) is 0.784. The largest absolute Gasteiger partial charge is 0.392 e. The molecule has 0 atom stereocenters. The van der Waals surface area contributed by atoms with Crippen LogP contribution in [0.15, 0.2) is 12.2 Å². The van der Waals surface area contributed by atoms with Crippen LogP contribution in [-0.4, -0.2) is 11.7 Å². The molecule has 0 fully saturated rings. The number of aliphatic hydroxyl groups excluding tert-OH is 1. The SMILES string of the molecule is CCCC#C/C=C/CO. The van der Waals surface area contributed by atoms with Gasteiger partial charge in [0.25, 0.3) is 0 Å². The van der Waals surface area contributed by atoms with Gasteiger partial charge in [0.15, 0.2) is 0 Å². The van der Waals surface area contributed by atoms with Crippen molar-refractivity contribution >= 4 is 0 Å². The number of hydrogen-bond acceptors (Lipinski definition) is 1. The molecule has 0 bridgehead atoms. The summed E-state index contributed by atoms with van der Waals surface area (Å²) < 4.78 is 0. The normalized spacial score (nSPS) is 9.11. The van der Waals surface area contributed by atoms with Crippen molar-refractivity contribution in [2.24, 2.45) is 0 Å². The standard InChI is InChI=1S/C8H12O/c1-2-3-4-5-6-7-8-9/h6-7,9H,2-3,8H2,1H3/b7-6+. The van der Waals surface area contributed by atoms with Crippen LogP contribution in [0.4, 0.5) is 0 Å². The van der Waals surface area contributed by atoms with Crippen molar-refractivity contribution in [3.05, 3.63) is 12.2 Å². The molecule has 0 rings (SSSR count). The first-order chi connectivity index (χ1) is 4.41. The lowest BCUT2D eigenvalue weighted by atomic mass is 10.3. The Bertz CT molecular complexity index is 125. The van der Waals surface area contributed by atoms with E-state index in [1.54, 1.807) is 12.2 Å². The van der Waals surface area contributed by atoms with Crippen LogP contribution in [0.5, 0.6) is 0 Å². The van der Waals surface area contributed by atoms with Crippen molar-refractivity contribution in [2.75, 3.05) is 6.61 Å². The van der Waals surface area contributed by atoms with E-state index in [2.05, 4.69) is 18.8 Å². The molecular weight excluding hydrogens is 112 g/mol. The summed E-state index contributed by atoms with van der Waals surface area (Å²) in [6.07, 6.45) is 5.34. The molecule has 0 aliphatic carbocycles. The highest BCUT2D eigenvalue weighted by Crippen LogP contribution is 1.80. The predicted octanol–water partition coefficient (Wildman–Crippen LogP) is 1.34. The Morgan fingerprint density at radius 3 is 2.89 bits per heavy atom. The molecule has 0 amide bonds. The van der Waals surface area contributed by atoms with Gasteiger partial charge in [-0.25, -0.2) is 0 Å². The van der Waals surface area contributed by atoms with E-state index in [1.807, 2.05) is 0 Å². The van der Waals surface area contributed by atoms with E-state index in [9.17, 15) is 0 Å². The van der Waals surface area contributed by atoms with Gasteiger partial charge in [0.1, 0.15) is 0 Å². The first-order valence-electron chi connectivity index (χ1n) is 3.16. The third kappa shape index (κ3) is 7.26. The summed E-state index contributed by atoms with van der Waals surface area (Å²) in [4.78, 5) is 0. The highest BCUT2D eigenvalue weighted by atomic mass is 16.2. The summed E-state index contributed by atoms with van der Waals surface area (Å²) in [7, 11) is 0. The Morgan fingerprint density at radius 1 is 1.56 bits per heavy atom. The van der Waals surface area contributed by atoms with Crippen LogP contribution in [0, 0.1) is 11.8 Å². The Hall–Kier alpha value is -0.740. The lowest BCUT2D eigenvalue weighted by Gasteiger charge is -1.74. The zero-order valence-electron chi connectivity index (χ0n) is 5.72. The van der Waals surface area contributed by atoms with Crippen molar-refractivity contribution in [3.8, 4) is 11.8 Å². The van der Waals surface area contributed by atoms with Crippen molar-refractivity contribution in [2.45, 2.75) is 19.8 Å². The molecule has 1 nitrogen and oxygen atoms in total. The second kappa shape index (κ2) is 7.26. The number of aliphatic hydroxyl groups is 1. The van der Waals surface area contributed by atoms with E-state index in [-0.39, 0.29) is 6.61 Å². The van der Waals surface area contributed by atoms with Gasteiger partial charge in [-0.2, -0.15) is 0 Å². The van der Waals surface area contributed by atoms with Crippen LogP contribution in [0.3, 0.4) is 0 Å².